The molecule has 0 radical (unpaired) electrons. The van der Waals surface area contributed by atoms with Crippen molar-refractivity contribution in [2.24, 2.45) is 0 Å². The molecule has 0 aromatic rings. The maximum Gasteiger partial charge on any atom is 0.315 e. The van der Waals surface area contributed by atoms with Crippen molar-refractivity contribution >= 4 is 23.7 Å². The first-order valence-electron chi connectivity index (χ1n) is 6.84. The lowest BCUT2D eigenvalue weighted by Gasteiger charge is -2.35. The van der Waals surface area contributed by atoms with Gasteiger partial charge in [0.05, 0.1) is 11.1 Å². The average molecular weight is 285 g/mol. The van der Waals surface area contributed by atoms with E-state index in [2.05, 4.69) is 29.8 Å². The SMILES string of the molecule is CNC(=O)CCCC[C@@H]1SC[C@]2(C)NC(=O)N[C@]12C. The van der Waals surface area contributed by atoms with Gasteiger partial charge < -0.3 is 16.0 Å². The molecule has 2 rings (SSSR count). The van der Waals surface area contributed by atoms with Gasteiger partial charge in [0.15, 0.2) is 0 Å². The number of unbranched alkanes of at least 4 members (excludes halogenated alkanes) is 1. The Bertz CT molecular complexity index is 390. The predicted molar refractivity (Wildman–Crippen MR) is 77.3 cm³/mol. The Morgan fingerprint density at radius 3 is 2.84 bits per heavy atom. The van der Waals surface area contributed by atoms with E-state index < -0.39 is 0 Å². The summed E-state index contributed by atoms with van der Waals surface area (Å²) in [5.74, 6) is 1.05. The van der Waals surface area contributed by atoms with Crippen LogP contribution in [0.3, 0.4) is 0 Å². The Kier molecular flexibility index (Phi) is 3.99. The normalized spacial score (nSPS) is 36.6. The van der Waals surface area contributed by atoms with E-state index >= 15 is 0 Å². The molecule has 2 saturated heterocycles. The summed E-state index contributed by atoms with van der Waals surface area (Å²) < 4.78 is 0. The largest absolute Gasteiger partial charge is 0.359 e. The highest BCUT2D eigenvalue weighted by Crippen LogP contribution is 2.47. The molecule has 2 heterocycles. The molecule has 108 valence electrons. The first-order valence-corrected chi connectivity index (χ1v) is 7.89. The van der Waals surface area contributed by atoms with Crippen LogP contribution in [0.5, 0.6) is 0 Å². The first-order chi connectivity index (χ1) is 8.91. The van der Waals surface area contributed by atoms with Gasteiger partial charge in [-0.2, -0.15) is 11.8 Å². The van der Waals surface area contributed by atoms with Crippen LogP contribution in [0.15, 0.2) is 0 Å². The number of carbonyl (C=O) groups excluding carboxylic acids is 2. The van der Waals surface area contributed by atoms with Crippen LogP contribution in [0.2, 0.25) is 0 Å². The highest BCUT2D eigenvalue weighted by molar-refractivity contribution is 8.00. The van der Waals surface area contributed by atoms with Gasteiger partial charge in [-0.15, -0.1) is 0 Å². The number of carbonyl (C=O) groups is 2. The molecule has 2 fully saturated rings. The van der Waals surface area contributed by atoms with E-state index in [9.17, 15) is 9.59 Å². The fourth-order valence-electron chi connectivity index (χ4n) is 2.95. The summed E-state index contributed by atoms with van der Waals surface area (Å²) in [6, 6.07) is -0.0549. The second kappa shape index (κ2) is 5.23. The van der Waals surface area contributed by atoms with Gasteiger partial charge in [-0.05, 0) is 26.7 Å². The van der Waals surface area contributed by atoms with Crippen LogP contribution in [0, 0.1) is 0 Å². The summed E-state index contributed by atoms with van der Waals surface area (Å²) in [5.41, 5.74) is -0.331. The molecule has 0 spiro atoms. The molecule has 0 aliphatic carbocycles. The van der Waals surface area contributed by atoms with Crippen molar-refractivity contribution in [3.05, 3.63) is 0 Å². The monoisotopic (exact) mass is 285 g/mol. The fourth-order valence-corrected chi connectivity index (χ4v) is 4.85. The second-order valence-corrected chi connectivity index (χ2v) is 7.02. The molecule has 0 bridgehead atoms. The predicted octanol–water partition coefficient (Wildman–Crippen LogP) is 1.24. The molecular formula is C13H23N3O2S. The lowest BCUT2D eigenvalue weighted by atomic mass is 9.79. The minimum absolute atomic E-state index is 0.0549. The van der Waals surface area contributed by atoms with Crippen LogP contribution < -0.4 is 16.0 Å². The molecule has 2 aliphatic heterocycles. The van der Waals surface area contributed by atoms with E-state index in [1.54, 1.807) is 7.05 Å². The molecule has 0 aromatic heterocycles. The van der Waals surface area contributed by atoms with Crippen molar-refractivity contribution in [1.82, 2.24) is 16.0 Å². The van der Waals surface area contributed by atoms with Gasteiger partial charge in [-0.3, -0.25) is 4.79 Å². The molecule has 2 aliphatic rings. The fraction of sp³-hybridized carbons (Fsp3) is 0.846. The smallest absolute Gasteiger partial charge is 0.315 e. The van der Waals surface area contributed by atoms with Crippen molar-refractivity contribution in [2.45, 2.75) is 55.9 Å². The minimum atomic E-state index is -0.179. The molecule has 3 amide bonds. The van der Waals surface area contributed by atoms with E-state index in [1.165, 1.54) is 0 Å². The topological polar surface area (TPSA) is 70.2 Å². The number of amides is 3. The highest BCUT2D eigenvalue weighted by Gasteiger charge is 2.60. The Balaban J connectivity index is 1.85. The van der Waals surface area contributed by atoms with Crippen LogP contribution in [-0.2, 0) is 4.79 Å². The number of hydrogen-bond acceptors (Lipinski definition) is 3. The molecule has 5 nitrogen and oxygen atoms in total. The summed E-state index contributed by atoms with van der Waals surface area (Å²) in [6.07, 6.45) is 3.56. The summed E-state index contributed by atoms with van der Waals surface area (Å²) in [4.78, 5) is 22.8. The summed E-state index contributed by atoms with van der Waals surface area (Å²) in [5, 5.41) is 9.20. The van der Waals surface area contributed by atoms with Crippen LogP contribution >= 0.6 is 11.8 Å². The van der Waals surface area contributed by atoms with Crippen molar-refractivity contribution in [3.63, 3.8) is 0 Å². The van der Waals surface area contributed by atoms with Gasteiger partial charge in [-0.1, -0.05) is 6.42 Å². The van der Waals surface area contributed by atoms with E-state index in [0.717, 1.165) is 25.0 Å². The minimum Gasteiger partial charge on any atom is -0.359 e. The van der Waals surface area contributed by atoms with E-state index in [-0.39, 0.29) is 23.0 Å². The van der Waals surface area contributed by atoms with Crippen molar-refractivity contribution in [1.29, 1.82) is 0 Å². The number of nitrogens with one attached hydrogen (secondary N) is 3. The van der Waals surface area contributed by atoms with Crippen LogP contribution in [0.4, 0.5) is 4.79 Å². The Morgan fingerprint density at radius 2 is 2.16 bits per heavy atom. The third kappa shape index (κ3) is 2.55. The number of hydrogen-bond donors (Lipinski definition) is 3. The molecule has 0 aromatic carbocycles. The average Bonchev–Trinajstić information content (AvgIpc) is 2.71. The van der Waals surface area contributed by atoms with Crippen molar-refractivity contribution < 1.29 is 9.59 Å². The van der Waals surface area contributed by atoms with E-state index in [1.807, 2.05) is 11.8 Å². The van der Waals surface area contributed by atoms with Crippen LogP contribution in [0.25, 0.3) is 0 Å². The van der Waals surface area contributed by atoms with Crippen molar-refractivity contribution in [2.75, 3.05) is 12.8 Å². The van der Waals surface area contributed by atoms with Crippen LogP contribution in [-0.4, -0.2) is 41.1 Å². The molecule has 0 unspecified atom stereocenters. The van der Waals surface area contributed by atoms with Gasteiger partial charge in [0.1, 0.15) is 0 Å². The quantitative estimate of drug-likeness (QED) is 0.526. The molecule has 6 heteroatoms. The Hall–Kier alpha value is -0.910. The van der Waals surface area contributed by atoms with E-state index in [4.69, 9.17) is 0 Å². The maximum absolute atomic E-state index is 11.6. The zero-order chi connectivity index (χ0) is 14.1. The van der Waals surface area contributed by atoms with Gasteiger partial charge in [0.2, 0.25) is 5.91 Å². The standard InChI is InChI=1S/C13H23N3O2S/c1-12-8-19-9(6-4-5-7-10(17)14-3)13(12,2)16-11(18)15-12/h9H,4-8H2,1-3H3,(H,14,17)(H2,15,16,18)/t9-,12-,13+/m0/s1. The Morgan fingerprint density at radius 1 is 1.42 bits per heavy atom. The molecular weight excluding hydrogens is 262 g/mol. The lowest BCUT2D eigenvalue weighted by molar-refractivity contribution is -0.120. The van der Waals surface area contributed by atoms with Crippen LogP contribution in [0.1, 0.15) is 39.5 Å². The first kappa shape index (κ1) is 14.5. The summed E-state index contributed by atoms with van der Waals surface area (Å²) >= 11 is 1.92. The Labute approximate surface area is 118 Å². The maximum atomic E-state index is 11.6. The van der Waals surface area contributed by atoms with Gasteiger partial charge in [-0.25, -0.2) is 4.79 Å². The number of thioether (sulfide) groups is 1. The molecule has 19 heavy (non-hydrogen) atoms. The third-order valence-corrected chi connectivity index (χ3v) is 6.38. The van der Waals surface area contributed by atoms with Crippen molar-refractivity contribution in [3.8, 4) is 0 Å². The number of fused-ring (bicyclic) bond motifs is 1. The summed E-state index contributed by atoms with van der Waals surface area (Å²) in [6.45, 7) is 4.25. The second-order valence-electron chi connectivity index (χ2n) is 5.83. The van der Waals surface area contributed by atoms with Gasteiger partial charge in [0.25, 0.3) is 0 Å². The van der Waals surface area contributed by atoms with Gasteiger partial charge >= 0.3 is 6.03 Å². The molecule has 3 atom stereocenters. The zero-order valence-electron chi connectivity index (χ0n) is 11.8. The highest BCUT2D eigenvalue weighted by atomic mass is 32.2. The summed E-state index contributed by atoms with van der Waals surface area (Å²) in [7, 11) is 1.67. The third-order valence-electron chi connectivity index (χ3n) is 4.52. The molecule has 3 N–H and O–H groups in total. The zero-order valence-corrected chi connectivity index (χ0v) is 12.7. The molecule has 0 saturated carbocycles. The van der Waals surface area contributed by atoms with Gasteiger partial charge in [0, 0.05) is 24.5 Å². The lowest BCUT2D eigenvalue weighted by Crippen LogP contribution is -2.58. The number of rotatable bonds is 5. The van der Waals surface area contributed by atoms with E-state index in [0.29, 0.717) is 11.7 Å². The number of urea groups is 1.